The normalized spacial score (nSPS) is 13.7. The molecule has 34 heavy (non-hydrogen) atoms. The second kappa shape index (κ2) is 8.86. The zero-order valence-electron chi connectivity index (χ0n) is 18.5. The van der Waals surface area contributed by atoms with Crippen LogP contribution in [0.4, 0.5) is 0 Å². The number of allylic oxidation sites excluding steroid dienone is 1. The highest BCUT2D eigenvalue weighted by atomic mass is 16.5. The molecule has 1 aliphatic heterocycles. The molecule has 0 saturated heterocycles. The Balaban J connectivity index is 1.51. The van der Waals surface area contributed by atoms with Crippen LogP contribution >= 0.6 is 0 Å². The predicted octanol–water partition coefficient (Wildman–Crippen LogP) is 4.63. The van der Waals surface area contributed by atoms with E-state index >= 15 is 0 Å². The van der Waals surface area contributed by atoms with Crippen LogP contribution in [0.25, 0.3) is 22.6 Å². The van der Waals surface area contributed by atoms with Crippen LogP contribution in [0, 0.1) is 0 Å². The van der Waals surface area contributed by atoms with E-state index in [1.54, 1.807) is 11.7 Å². The maximum Gasteiger partial charge on any atom is 0.335 e. The van der Waals surface area contributed by atoms with Gasteiger partial charge in [-0.2, -0.15) is 0 Å². The topological polar surface area (TPSA) is 90.7 Å². The van der Waals surface area contributed by atoms with Crippen LogP contribution < -0.4 is 15.0 Å². The molecule has 0 atom stereocenters. The number of hydrogen-bond donors (Lipinski definition) is 1. The minimum absolute atomic E-state index is 0.100. The predicted molar refractivity (Wildman–Crippen MR) is 129 cm³/mol. The van der Waals surface area contributed by atoms with Gasteiger partial charge in [-0.1, -0.05) is 36.4 Å². The number of nitrogens with zero attached hydrogens (tertiary/aromatic N) is 2. The maximum absolute atomic E-state index is 13.0. The molecule has 0 amide bonds. The molecule has 1 N–H and O–H groups in total. The van der Waals surface area contributed by atoms with E-state index in [1.807, 2.05) is 54.6 Å². The second-order valence-corrected chi connectivity index (χ2v) is 8.03. The summed E-state index contributed by atoms with van der Waals surface area (Å²) in [6.45, 7) is 0.937. The Bertz CT molecular complexity index is 1490. The minimum atomic E-state index is -1.05. The fraction of sp³-hybridized carbons (Fsp3) is 0.148. The maximum atomic E-state index is 13.0. The molecule has 1 aromatic heterocycles. The van der Waals surface area contributed by atoms with Crippen molar-refractivity contribution < 1.29 is 19.4 Å². The number of benzene rings is 3. The summed E-state index contributed by atoms with van der Waals surface area (Å²) in [6.07, 6.45) is 2.63. The van der Waals surface area contributed by atoms with Gasteiger partial charge < -0.3 is 14.6 Å². The summed E-state index contributed by atoms with van der Waals surface area (Å²) in [5, 5.41) is 9.71. The van der Waals surface area contributed by atoms with E-state index in [0.29, 0.717) is 47.8 Å². The molecule has 0 spiro atoms. The highest BCUT2D eigenvalue weighted by Gasteiger charge is 2.21. The molecule has 7 nitrogen and oxygen atoms in total. The third kappa shape index (κ3) is 4.03. The fourth-order valence-electron chi connectivity index (χ4n) is 4.12. The number of fused-ring (bicyclic) bond motifs is 2. The fourth-order valence-corrected chi connectivity index (χ4v) is 4.12. The van der Waals surface area contributed by atoms with E-state index in [9.17, 15) is 14.7 Å². The average molecular weight is 454 g/mol. The van der Waals surface area contributed by atoms with E-state index in [-0.39, 0.29) is 11.1 Å². The van der Waals surface area contributed by atoms with Crippen LogP contribution in [0.5, 0.6) is 11.5 Å². The highest BCUT2D eigenvalue weighted by Crippen LogP contribution is 2.32. The molecule has 0 bridgehead atoms. The summed E-state index contributed by atoms with van der Waals surface area (Å²) < 4.78 is 13.1. The second-order valence-electron chi connectivity index (χ2n) is 8.03. The van der Waals surface area contributed by atoms with Gasteiger partial charge in [0.15, 0.2) is 11.5 Å². The van der Waals surface area contributed by atoms with Crippen LogP contribution in [-0.2, 0) is 13.2 Å². The van der Waals surface area contributed by atoms with Gasteiger partial charge in [-0.3, -0.25) is 9.36 Å². The standard InChI is InChI=1S/C27H22N2O5/c1-33-23-10-7-18(14-24(23)34-16-17-5-3-2-4-6-17)13-19-11-12-29-25(19)28-22-15-20(27(31)32)8-9-21(22)26(29)30/h2-10,13-15H,11-12,16H2,1H3,(H,31,32). The van der Waals surface area contributed by atoms with Gasteiger partial charge in [0.05, 0.1) is 23.6 Å². The quantitative estimate of drug-likeness (QED) is 0.457. The van der Waals surface area contributed by atoms with Crippen molar-refractivity contribution in [3.05, 3.63) is 99.6 Å². The number of aromatic nitrogens is 2. The summed E-state index contributed by atoms with van der Waals surface area (Å²) in [7, 11) is 1.60. The first kappa shape index (κ1) is 21.5. The highest BCUT2D eigenvalue weighted by molar-refractivity contribution is 5.93. The zero-order chi connectivity index (χ0) is 23.7. The first-order valence-electron chi connectivity index (χ1n) is 10.9. The molecule has 3 aromatic carbocycles. The Morgan fingerprint density at radius 3 is 2.68 bits per heavy atom. The van der Waals surface area contributed by atoms with Crippen LogP contribution in [-0.4, -0.2) is 27.7 Å². The monoisotopic (exact) mass is 454 g/mol. The van der Waals surface area contributed by atoms with Gasteiger partial charge >= 0.3 is 5.97 Å². The third-order valence-corrected chi connectivity index (χ3v) is 5.86. The van der Waals surface area contributed by atoms with Crippen molar-refractivity contribution in [3.8, 4) is 11.5 Å². The SMILES string of the molecule is COc1ccc(C=C2CCn3c2nc2cc(C(=O)O)ccc2c3=O)cc1OCc1ccccc1. The smallest absolute Gasteiger partial charge is 0.335 e. The number of ether oxygens (including phenoxy) is 2. The lowest BCUT2D eigenvalue weighted by atomic mass is 10.1. The number of hydrogen-bond acceptors (Lipinski definition) is 5. The Morgan fingerprint density at radius 1 is 1.09 bits per heavy atom. The van der Waals surface area contributed by atoms with Gasteiger partial charge in [-0.05, 0) is 59.5 Å². The number of rotatable bonds is 6. The molecular weight excluding hydrogens is 432 g/mol. The van der Waals surface area contributed by atoms with Crippen molar-refractivity contribution in [1.29, 1.82) is 0 Å². The lowest BCUT2D eigenvalue weighted by molar-refractivity contribution is 0.0697. The van der Waals surface area contributed by atoms with E-state index < -0.39 is 5.97 Å². The Morgan fingerprint density at radius 2 is 1.91 bits per heavy atom. The van der Waals surface area contributed by atoms with E-state index in [2.05, 4.69) is 4.98 Å². The molecule has 170 valence electrons. The molecular formula is C27H22N2O5. The molecule has 2 heterocycles. The van der Waals surface area contributed by atoms with Crippen LogP contribution in [0.15, 0.2) is 71.5 Å². The van der Waals surface area contributed by atoms with Crippen molar-refractivity contribution in [2.24, 2.45) is 0 Å². The Kier molecular flexibility index (Phi) is 5.59. The van der Waals surface area contributed by atoms with Gasteiger partial charge in [0.1, 0.15) is 12.4 Å². The van der Waals surface area contributed by atoms with E-state index in [0.717, 1.165) is 16.7 Å². The molecule has 5 rings (SSSR count). The zero-order valence-corrected chi connectivity index (χ0v) is 18.5. The summed E-state index contributed by atoms with van der Waals surface area (Å²) in [5.74, 6) is 0.754. The van der Waals surface area contributed by atoms with Crippen LogP contribution in [0.1, 0.15) is 33.7 Å². The number of carboxylic acids is 1. The summed E-state index contributed by atoms with van der Waals surface area (Å²) in [5.41, 5.74) is 3.16. The van der Waals surface area contributed by atoms with E-state index in [1.165, 1.54) is 18.2 Å². The molecule has 0 radical (unpaired) electrons. The first-order chi connectivity index (χ1) is 16.5. The molecule has 4 aromatic rings. The molecule has 0 saturated carbocycles. The van der Waals surface area contributed by atoms with Crippen molar-refractivity contribution >= 4 is 28.5 Å². The largest absolute Gasteiger partial charge is 0.493 e. The molecule has 7 heteroatoms. The first-order valence-corrected chi connectivity index (χ1v) is 10.9. The Labute approximate surface area is 195 Å². The van der Waals surface area contributed by atoms with Gasteiger partial charge in [0.2, 0.25) is 0 Å². The Hall–Kier alpha value is -4.39. The molecule has 0 aliphatic carbocycles. The number of carboxylic acid groups (broad SMARTS) is 1. The van der Waals surface area contributed by atoms with Crippen molar-refractivity contribution in [2.75, 3.05) is 7.11 Å². The molecule has 1 aliphatic rings. The van der Waals surface area contributed by atoms with Gasteiger partial charge in [-0.25, -0.2) is 9.78 Å². The number of carbonyl (C=O) groups is 1. The minimum Gasteiger partial charge on any atom is -0.493 e. The summed E-state index contributed by atoms with van der Waals surface area (Å²) in [6, 6.07) is 20.0. The van der Waals surface area contributed by atoms with Crippen LogP contribution in [0.2, 0.25) is 0 Å². The van der Waals surface area contributed by atoms with E-state index in [4.69, 9.17) is 9.47 Å². The number of aromatic carboxylic acids is 1. The lowest BCUT2D eigenvalue weighted by Crippen LogP contribution is -2.21. The number of methoxy groups -OCH3 is 1. The van der Waals surface area contributed by atoms with Gasteiger partial charge in [-0.15, -0.1) is 0 Å². The van der Waals surface area contributed by atoms with Gasteiger partial charge in [0.25, 0.3) is 5.56 Å². The summed E-state index contributed by atoms with van der Waals surface area (Å²) >= 11 is 0. The molecule has 0 unspecified atom stereocenters. The third-order valence-electron chi connectivity index (χ3n) is 5.86. The molecule has 0 fully saturated rings. The average Bonchev–Trinajstić information content (AvgIpc) is 3.26. The lowest BCUT2D eigenvalue weighted by Gasteiger charge is -2.12. The van der Waals surface area contributed by atoms with Crippen LogP contribution in [0.3, 0.4) is 0 Å². The van der Waals surface area contributed by atoms with Crippen molar-refractivity contribution in [1.82, 2.24) is 9.55 Å². The summed E-state index contributed by atoms with van der Waals surface area (Å²) in [4.78, 5) is 29.0. The van der Waals surface area contributed by atoms with Gasteiger partial charge in [0, 0.05) is 6.54 Å². The van der Waals surface area contributed by atoms with Crippen molar-refractivity contribution in [3.63, 3.8) is 0 Å². The van der Waals surface area contributed by atoms with Crippen molar-refractivity contribution in [2.45, 2.75) is 19.6 Å².